The van der Waals surface area contributed by atoms with E-state index >= 15 is 0 Å². The van der Waals surface area contributed by atoms with Gasteiger partial charge in [-0.05, 0) is 18.4 Å². The number of hydrogen-bond acceptors (Lipinski definition) is 12. The highest BCUT2D eigenvalue weighted by molar-refractivity contribution is 6.29. The van der Waals surface area contributed by atoms with Crippen LogP contribution in [0, 0.1) is 5.92 Å². The molecular formula is C24H35ClN14O3. The topological polar surface area (TPSA) is 237 Å². The van der Waals surface area contributed by atoms with Crippen molar-refractivity contribution in [3.63, 3.8) is 0 Å². The zero-order valence-corrected chi connectivity index (χ0v) is 23.6. The normalized spacial score (nSPS) is 28.1. The summed E-state index contributed by atoms with van der Waals surface area (Å²) in [7, 11) is 0. The van der Waals surface area contributed by atoms with Gasteiger partial charge < -0.3 is 37.4 Å². The summed E-state index contributed by atoms with van der Waals surface area (Å²) in [5, 5.41) is 27.3. The van der Waals surface area contributed by atoms with Crippen LogP contribution >= 0.6 is 11.6 Å². The minimum atomic E-state index is -0.997. The van der Waals surface area contributed by atoms with E-state index < -0.39 is 29.9 Å². The van der Waals surface area contributed by atoms with Crippen molar-refractivity contribution in [2.45, 2.75) is 49.8 Å². The second-order valence-electron chi connectivity index (χ2n) is 10.8. The third-order valence-electron chi connectivity index (χ3n) is 8.07. The summed E-state index contributed by atoms with van der Waals surface area (Å²) in [5.74, 6) is 15.8. The predicted molar refractivity (Wildman–Crippen MR) is 149 cm³/mol. The third kappa shape index (κ3) is 6.23. The van der Waals surface area contributed by atoms with E-state index in [1.807, 2.05) is 35.2 Å². The molecule has 17 nitrogen and oxygen atoms in total. The smallest absolute Gasteiger partial charge is 0.249 e. The van der Waals surface area contributed by atoms with Crippen molar-refractivity contribution in [2.75, 3.05) is 26.2 Å². The molecule has 0 bridgehead atoms. The van der Waals surface area contributed by atoms with Gasteiger partial charge in [0.15, 0.2) is 12.0 Å². The Kier molecular flexibility index (Phi) is 8.72. The van der Waals surface area contributed by atoms with Gasteiger partial charge in [0.2, 0.25) is 17.7 Å². The molecule has 1 spiro atoms. The van der Waals surface area contributed by atoms with Crippen molar-refractivity contribution in [3.8, 4) is 0 Å². The first-order valence-corrected chi connectivity index (χ1v) is 13.9. The number of halogens is 1. The van der Waals surface area contributed by atoms with Crippen LogP contribution in [0.15, 0.2) is 62.0 Å². The van der Waals surface area contributed by atoms with Crippen LogP contribution in [0.5, 0.6) is 0 Å². The van der Waals surface area contributed by atoms with Crippen LogP contribution in [0.4, 0.5) is 0 Å². The third-order valence-corrected chi connectivity index (χ3v) is 8.36. The van der Waals surface area contributed by atoms with Gasteiger partial charge in [0.25, 0.3) is 0 Å². The lowest BCUT2D eigenvalue weighted by atomic mass is 9.88. The molecule has 4 heterocycles. The Morgan fingerprint density at radius 2 is 1.86 bits per heavy atom. The highest BCUT2D eigenvalue weighted by atomic mass is 35.5. The number of rotatable bonds is 7. The number of benzene rings is 1. The van der Waals surface area contributed by atoms with Crippen LogP contribution in [0.25, 0.3) is 0 Å². The maximum absolute atomic E-state index is 13.3. The predicted octanol–water partition coefficient (Wildman–Crippen LogP) is -1.52. The molecule has 0 saturated carbocycles. The number of hydrazine groups is 1. The van der Waals surface area contributed by atoms with Gasteiger partial charge in [0.1, 0.15) is 17.5 Å². The van der Waals surface area contributed by atoms with Gasteiger partial charge in [0, 0.05) is 44.7 Å². The summed E-state index contributed by atoms with van der Waals surface area (Å²) in [5.41, 5.74) is 0.631. The highest BCUT2D eigenvalue weighted by Gasteiger charge is 2.47. The molecule has 1 aromatic rings. The van der Waals surface area contributed by atoms with Crippen molar-refractivity contribution in [2.24, 2.45) is 44.1 Å². The van der Waals surface area contributed by atoms with Crippen molar-refractivity contribution in [1.29, 1.82) is 0 Å². The minimum absolute atomic E-state index is 0.00401. The molecule has 4 unspecified atom stereocenters. The number of piperidine rings is 1. The monoisotopic (exact) mass is 602 g/mol. The molecule has 4 aliphatic heterocycles. The number of hydrogen-bond donors (Lipinski definition) is 7. The second kappa shape index (κ2) is 12.4. The van der Waals surface area contributed by atoms with Gasteiger partial charge >= 0.3 is 0 Å². The van der Waals surface area contributed by atoms with Crippen molar-refractivity contribution in [1.82, 2.24) is 36.1 Å². The largest absolute Gasteiger partial charge is 0.358 e. The van der Waals surface area contributed by atoms with Crippen LogP contribution in [-0.2, 0) is 20.9 Å². The molecule has 10 N–H and O–H groups in total. The molecule has 0 aromatic heterocycles. The first-order valence-electron chi connectivity index (χ1n) is 13.6. The molecule has 0 radical (unpaired) electrons. The molecule has 4 atom stereocenters. The quantitative estimate of drug-likeness (QED) is 0.0823. The molecule has 4 aliphatic rings. The molecular weight excluding hydrogens is 568 g/mol. The van der Waals surface area contributed by atoms with Crippen LogP contribution in [0.1, 0.15) is 24.8 Å². The Morgan fingerprint density at radius 1 is 1.12 bits per heavy atom. The fraction of sp³-hybridized carbons (Fsp3) is 0.542. The molecule has 3 fully saturated rings. The maximum Gasteiger partial charge on any atom is 0.249 e. The van der Waals surface area contributed by atoms with Crippen molar-refractivity contribution in [3.05, 3.63) is 46.9 Å². The number of carbonyl (C=O) groups excluding carboxylic acids is 3. The Labute approximate surface area is 246 Å². The Bertz CT molecular complexity index is 1270. The van der Waals surface area contributed by atoms with Crippen LogP contribution < -0.4 is 38.8 Å². The van der Waals surface area contributed by atoms with Gasteiger partial charge in [-0.1, -0.05) is 52.4 Å². The molecule has 3 saturated heterocycles. The lowest BCUT2D eigenvalue weighted by Crippen LogP contribution is -2.63. The van der Waals surface area contributed by atoms with Crippen molar-refractivity contribution >= 4 is 29.3 Å². The van der Waals surface area contributed by atoms with E-state index in [2.05, 4.69) is 41.9 Å². The average Bonchev–Trinajstić information content (AvgIpc) is 3.49. The number of likely N-dealkylation sites (tertiary alicyclic amines) is 2. The van der Waals surface area contributed by atoms with E-state index in [4.69, 9.17) is 29.1 Å². The van der Waals surface area contributed by atoms with Gasteiger partial charge in [-0.25, -0.2) is 5.01 Å². The number of amides is 3. The maximum atomic E-state index is 13.3. The molecule has 3 amide bonds. The summed E-state index contributed by atoms with van der Waals surface area (Å²) >= 11 is 6.18. The zero-order chi connectivity index (χ0) is 29.9. The molecule has 1 aromatic carbocycles. The molecule has 0 aliphatic carbocycles. The Hall–Kier alpha value is -4.06. The van der Waals surface area contributed by atoms with Gasteiger partial charge in [-0.15, -0.1) is 10.2 Å². The first kappa shape index (κ1) is 29.4. The highest BCUT2D eigenvalue weighted by Crippen LogP contribution is 2.30. The zero-order valence-electron chi connectivity index (χ0n) is 22.8. The minimum Gasteiger partial charge on any atom is -0.358 e. The molecule has 18 heteroatoms. The summed E-state index contributed by atoms with van der Waals surface area (Å²) in [4.78, 5) is 42.7. The first-order chi connectivity index (χ1) is 20.2. The van der Waals surface area contributed by atoms with Gasteiger partial charge in [-0.2, -0.15) is 0 Å². The molecule has 42 heavy (non-hydrogen) atoms. The van der Waals surface area contributed by atoms with E-state index in [1.165, 1.54) is 5.01 Å². The summed E-state index contributed by atoms with van der Waals surface area (Å²) in [6.45, 7) is 2.39. The SMILES string of the molecule is NN=NC1=C(Cl)NC(C(=O)NC2NC3(CCN(C(=O)C4CC(=O)N(Cc5ccccc5)C4)CC3)CN2N)C(N=NN)N1. The van der Waals surface area contributed by atoms with Crippen molar-refractivity contribution < 1.29 is 14.4 Å². The Morgan fingerprint density at radius 3 is 2.55 bits per heavy atom. The van der Waals surface area contributed by atoms with E-state index in [0.717, 1.165) is 5.56 Å². The fourth-order valence-electron chi connectivity index (χ4n) is 5.89. The van der Waals surface area contributed by atoms with E-state index in [9.17, 15) is 14.4 Å². The summed E-state index contributed by atoms with van der Waals surface area (Å²) in [6.07, 6.45) is -0.157. The average molecular weight is 603 g/mol. The lowest BCUT2D eigenvalue weighted by Gasteiger charge is -2.40. The van der Waals surface area contributed by atoms with E-state index in [1.54, 1.807) is 4.90 Å². The van der Waals surface area contributed by atoms with Crippen LogP contribution in [0.3, 0.4) is 0 Å². The van der Waals surface area contributed by atoms with Gasteiger partial charge in [-0.3, -0.25) is 25.5 Å². The standard InChI is InChI=1S/C24H35ClN14O3/c25-18-20(34-36-27)30-19(33-35-26)17(29-18)21(41)31-23-32-24(13-39(23)28)6-8-37(9-7-24)22(42)15-10-16(40)38(12-15)11-14-4-2-1-3-5-14/h1-5,15,17,19,23,29-30,32H,6-13,28H2,(H2,26,33)(H2,27,34)(H,31,41). The van der Waals surface area contributed by atoms with Gasteiger partial charge in [0.05, 0.1) is 5.92 Å². The number of carbonyl (C=O) groups is 3. The van der Waals surface area contributed by atoms with E-state index in [-0.39, 0.29) is 35.1 Å². The van der Waals surface area contributed by atoms with Crippen LogP contribution in [0.2, 0.25) is 0 Å². The summed E-state index contributed by atoms with van der Waals surface area (Å²) < 4.78 is 0. The number of nitrogens with one attached hydrogen (secondary N) is 4. The lowest BCUT2D eigenvalue weighted by molar-refractivity contribution is -0.137. The second-order valence-corrected chi connectivity index (χ2v) is 11.2. The fourth-order valence-corrected chi connectivity index (χ4v) is 6.10. The van der Waals surface area contributed by atoms with E-state index in [0.29, 0.717) is 45.6 Å². The Balaban J connectivity index is 1.14. The molecule has 5 rings (SSSR count). The summed E-state index contributed by atoms with van der Waals surface area (Å²) in [6, 6.07) is 8.76. The molecule has 226 valence electrons. The number of nitrogens with two attached hydrogens (primary N) is 3. The number of nitrogens with zero attached hydrogens (tertiary/aromatic N) is 7. The van der Waals surface area contributed by atoms with Crippen LogP contribution in [-0.4, -0.2) is 82.7 Å².